The number of aliphatic hydroxyl groups excluding tert-OH is 1. The van der Waals surface area contributed by atoms with E-state index in [0.717, 1.165) is 31.2 Å². The summed E-state index contributed by atoms with van der Waals surface area (Å²) in [7, 11) is 3.17. The Labute approximate surface area is 161 Å². The van der Waals surface area contributed by atoms with Gasteiger partial charge in [-0.25, -0.2) is 0 Å². The molecule has 1 aliphatic heterocycles. The van der Waals surface area contributed by atoms with Crippen LogP contribution in [0.15, 0.2) is 12.1 Å². The summed E-state index contributed by atoms with van der Waals surface area (Å²) in [5.41, 5.74) is 7.44. The monoisotopic (exact) mass is 384 g/mol. The Bertz CT molecular complexity index is 665. The fourth-order valence-corrected chi connectivity index (χ4v) is 4.23. The maximum absolute atomic E-state index is 13.1. The minimum absolute atomic E-state index is 0. The first-order valence-corrected chi connectivity index (χ1v) is 8.88. The number of nitrogens with zero attached hydrogens (tertiary/aromatic N) is 1. The van der Waals surface area contributed by atoms with Crippen molar-refractivity contribution in [2.45, 2.75) is 50.8 Å². The molecule has 3 N–H and O–H groups in total. The predicted molar refractivity (Wildman–Crippen MR) is 102 cm³/mol. The molecule has 1 saturated carbocycles. The molecule has 1 aromatic carbocycles. The van der Waals surface area contributed by atoms with Gasteiger partial charge in [0, 0.05) is 23.2 Å². The molecule has 1 aliphatic carbocycles. The lowest BCUT2D eigenvalue weighted by Crippen LogP contribution is -2.54. The third-order valence-electron chi connectivity index (χ3n) is 5.65. The van der Waals surface area contributed by atoms with Gasteiger partial charge in [-0.1, -0.05) is 12.8 Å². The van der Waals surface area contributed by atoms with E-state index < -0.39 is 11.6 Å². The van der Waals surface area contributed by atoms with E-state index in [2.05, 4.69) is 0 Å². The zero-order valence-electron chi connectivity index (χ0n) is 15.7. The second-order valence-electron chi connectivity index (χ2n) is 7.40. The number of β-amino-alcohol motifs (C(OH)–C–C–N with tert-alkyl or cyclic N) is 1. The van der Waals surface area contributed by atoms with Crippen LogP contribution in [0.25, 0.3) is 0 Å². The van der Waals surface area contributed by atoms with E-state index >= 15 is 0 Å². The highest BCUT2D eigenvalue weighted by Gasteiger charge is 2.42. The van der Waals surface area contributed by atoms with Crippen molar-refractivity contribution in [2.75, 3.05) is 20.8 Å². The van der Waals surface area contributed by atoms with E-state index in [9.17, 15) is 9.90 Å². The Morgan fingerprint density at radius 2 is 1.92 bits per heavy atom. The van der Waals surface area contributed by atoms with Crippen molar-refractivity contribution in [1.82, 2.24) is 4.90 Å². The zero-order chi connectivity index (χ0) is 18.2. The molecule has 3 atom stereocenters. The van der Waals surface area contributed by atoms with Gasteiger partial charge < -0.3 is 25.2 Å². The van der Waals surface area contributed by atoms with Crippen molar-refractivity contribution in [3.8, 4) is 11.5 Å². The summed E-state index contributed by atoms with van der Waals surface area (Å²) < 4.78 is 10.8. The quantitative estimate of drug-likeness (QED) is 0.835. The van der Waals surface area contributed by atoms with Crippen molar-refractivity contribution in [1.29, 1.82) is 0 Å². The van der Waals surface area contributed by atoms with Gasteiger partial charge >= 0.3 is 0 Å². The Kier molecular flexibility index (Phi) is 6.42. The number of methoxy groups -OCH3 is 2. The molecule has 7 heteroatoms. The number of carbonyl (C=O) groups is 1. The van der Waals surface area contributed by atoms with Crippen molar-refractivity contribution in [2.24, 2.45) is 11.7 Å². The van der Waals surface area contributed by atoms with Gasteiger partial charge in [0.15, 0.2) is 0 Å². The Morgan fingerprint density at radius 1 is 1.27 bits per heavy atom. The van der Waals surface area contributed by atoms with E-state index in [1.165, 1.54) is 0 Å². The average Bonchev–Trinajstić information content (AvgIpc) is 2.59. The van der Waals surface area contributed by atoms with Crippen LogP contribution < -0.4 is 15.2 Å². The summed E-state index contributed by atoms with van der Waals surface area (Å²) in [5.74, 6) is 1.11. The number of fused-ring (bicyclic) bond motifs is 1. The van der Waals surface area contributed by atoms with Crippen LogP contribution in [0, 0.1) is 5.92 Å². The number of ether oxygens (including phenoxy) is 2. The minimum Gasteiger partial charge on any atom is -0.496 e. The molecule has 3 rings (SSSR count). The summed E-state index contributed by atoms with van der Waals surface area (Å²) >= 11 is 0. The molecule has 1 fully saturated rings. The molecule has 0 aromatic heterocycles. The number of halogens is 1. The van der Waals surface area contributed by atoms with Gasteiger partial charge in [0.2, 0.25) is 5.91 Å². The molecule has 2 aliphatic rings. The summed E-state index contributed by atoms with van der Waals surface area (Å²) in [4.78, 5) is 14.9. The third-order valence-corrected chi connectivity index (χ3v) is 5.65. The normalized spacial score (nSPS) is 28.0. The lowest BCUT2D eigenvalue weighted by molar-refractivity contribution is -0.141. The van der Waals surface area contributed by atoms with Gasteiger partial charge in [0.25, 0.3) is 0 Å². The standard InChI is InChI=1S/C19H28N2O4.ClH/c1-19(20)9-5-4-6-13(19)18(23)21-10-12-15(24-2)7-8-16(25-3)17(12)14(22)11-21;/h7-8,13-14,22H,4-6,9-11,20H2,1-3H3;1H. The Balaban J connectivity index is 0.00000243. The number of amides is 1. The van der Waals surface area contributed by atoms with Crippen LogP contribution in [0.2, 0.25) is 0 Å². The lowest BCUT2D eigenvalue weighted by Gasteiger charge is -2.42. The maximum Gasteiger partial charge on any atom is 0.227 e. The number of hydrogen-bond donors (Lipinski definition) is 2. The number of carbonyl (C=O) groups excluding carboxylic acids is 1. The second kappa shape index (κ2) is 8.03. The molecule has 26 heavy (non-hydrogen) atoms. The van der Waals surface area contributed by atoms with Crippen molar-refractivity contribution in [3.05, 3.63) is 23.3 Å². The first-order valence-electron chi connectivity index (χ1n) is 8.88. The first kappa shape index (κ1) is 20.8. The van der Waals surface area contributed by atoms with Crippen LogP contribution in [-0.2, 0) is 11.3 Å². The Hall–Kier alpha value is -1.50. The topological polar surface area (TPSA) is 85.0 Å². The highest BCUT2D eigenvalue weighted by atomic mass is 35.5. The highest BCUT2D eigenvalue weighted by molar-refractivity contribution is 5.85. The number of rotatable bonds is 3. The van der Waals surface area contributed by atoms with Crippen molar-refractivity contribution >= 4 is 18.3 Å². The summed E-state index contributed by atoms with van der Waals surface area (Å²) in [6, 6.07) is 3.60. The van der Waals surface area contributed by atoms with Crippen LogP contribution >= 0.6 is 12.4 Å². The van der Waals surface area contributed by atoms with E-state index in [4.69, 9.17) is 15.2 Å². The van der Waals surface area contributed by atoms with Crippen LogP contribution in [-0.4, -0.2) is 42.2 Å². The van der Waals surface area contributed by atoms with E-state index in [0.29, 0.717) is 23.6 Å². The van der Waals surface area contributed by atoms with Crippen LogP contribution in [0.4, 0.5) is 0 Å². The molecule has 0 radical (unpaired) electrons. The van der Waals surface area contributed by atoms with Crippen LogP contribution in [0.1, 0.15) is 49.8 Å². The fourth-order valence-electron chi connectivity index (χ4n) is 4.23. The third kappa shape index (κ3) is 3.63. The predicted octanol–water partition coefficient (Wildman–Crippen LogP) is 2.41. The molecule has 0 spiro atoms. The highest BCUT2D eigenvalue weighted by Crippen LogP contribution is 2.41. The minimum atomic E-state index is -0.801. The fraction of sp³-hybridized carbons (Fsp3) is 0.632. The van der Waals surface area contributed by atoms with Crippen molar-refractivity contribution < 1.29 is 19.4 Å². The molecule has 1 amide bonds. The smallest absolute Gasteiger partial charge is 0.227 e. The Morgan fingerprint density at radius 3 is 2.54 bits per heavy atom. The number of nitrogens with two attached hydrogens (primary N) is 1. The molecular weight excluding hydrogens is 356 g/mol. The first-order chi connectivity index (χ1) is 11.9. The number of aliphatic hydroxyl groups is 1. The van der Waals surface area contributed by atoms with Gasteiger partial charge in [-0.2, -0.15) is 0 Å². The molecule has 1 heterocycles. The summed E-state index contributed by atoms with van der Waals surface area (Å²) in [5, 5.41) is 10.7. The molecule has 146 valence electrons. The number of benzene rings is 1. The molecule has 1 aromatic rings. The van der Waals surface area contributed by atoms with E-state index in [1.54, 1.807) is 25.2 Å². The van der Waals surface area contributed by atoms with Gasteiger partial charge in [-0.15, -0.1) is 12.4 Å². The number of hydrogen-bond acceptors (Lipinski definition) is 5. The summed E-state index contributed by atoms with van der Waals surface area (Å²) in [6.07, 6.45) is 2.94. The largest absolute Gasteiger partial charge is 0.496 e. The average molecular weight is 385 g/mol. The molecule has 0 bridgehead atoms. The van der Waals surface area contributed by atoms with Crippen LogP contribution in [0.5, 0.6) is 11.5 Å². The van der Waals surface area contributed by atoms with E-state index in [-0.39, 0.29) is 30.8 Å². The zero-order valence-corrected chi connectivity index (χ0v) is 16.5. The van der Waals surface area contributed by atoms with Gasteiger partial charge in [-0.3, -0.25) is 4.79 Å². The maximum atomic E-state index is 13.1. The van der Waals surface area contributed by atoms with Crippen LogP contribution in [0.3, 0.4) is 0 Å². The van der Waals surface area contributed by atoms with Gasteiger partial charge in [0.1, 0.15) is 17.6 Å². The SMILES string of the molecule is COc1ccc(OC)c2c1CN(C(=O)C1CCCCC1(C)N)CC2O.Cl. The van der Waals surface area contributed by atoms with Gasteiger partial charge in [0.05, 0.1) is 26.7 Å². The molecule has 3 unspecified atom stereocenters. The second-order valence-corrected chi connectivity index (χ2v) is 7.40. The molecular formula is C19H29ClN2O4. The lowest BCUT2D eigenvalue weighted by atomic mass is 9.73. The molecule has 6 nitrogen and oxygen atoms in total. The van der Waals surface area contributed by atoms with Gasteiger partial charge in [-0.05, 0) is 31.9 Å². The van der Waals surface area contributed by atoms with E-state index in [1.807, 2.05) is 13.0 Å². The van der Waals surface area contributed by atoms with Crippen molar-refractivity contribution in [3.63, 3.8) is 0 Å². The molecule has 0 saturated heterocycles. The summed E-state index contributed by atoms with van der Waals surface area (Å²) in [6.45, 7) is 2.62.